The van der Waals surface area contributed by atoms with Crippen LogP contribution in [0.25, 0.3) is 0 Å². The van der Waals surface area contributed by atoms with Crippen LogP contribution in [-0.2, 0) is 16.1 Å². The fourth-order valence-corrected chi connectivity index (χ4v) is 2.71. The standard InChI is InChI=1S/C21H34N4O2/c1-4-22-21(24(2)14-15-27-17-19-10-11-19)23-13-12-20(26)25(3)16-18-8-6-5-7-9-18/h5-9,19H,4,10-17H2,1-3H3,(H,22,23). The van der Waals surface area contributed by atoms with Crippen LogP contribution < -0.4 is 5.32 Å². The second-order valence-electron chi connectivity index (χ2n) is 7.16. The van der Waals surface area contributed by atoms with Gasteiger partial charge in [0.2, 0.25) is 5.91 Å². The van der Waals surface area contributed by atoms with Gasteiger partial charge in [-0.15, -0.1) is 0 Å². The van der Waals surface area contributed by atoms with Gasteiger partial charge in [0, 0.05) is 46.8 Å². The van der Waals surface area contributed by atoms with Gasteiger partial charge in [-0.05, 0) is 31.2 Å². The van der Waals surface area contributed by atoms with Crippen LogP contribution in [0.3, 0.4) is 0 Å². The molecule has 0 heterocycles. The summed E-state index contributed by atoms with van der Waals surface area (Å²) in [6.07, 6.45) is 3.03. The van der Waals surface area contributed by atoms with Crippen molar-refractivity contribution in [3.8, 4) is 0 Å². The van der Waals surface area contributed by atoms with Crippen molar-refractivity contribution in [1.82, 2.24) is 15.1 Å². The van der Waals surface area contributed by atoms with Gasteiger partial charge < -0.3 is 19.9 Å². The largest absolute Gasteiger partial charge is 0.379 e. The van der Waals surface area contributed by atoms with Gasteiger partial charge in [0.05, 0.1) is 13.2 Å². The summed E-state index contributed by atoms with van der Waals surface area (Å²) in [5, 5.41) is 3.28. The number of ether oxygens (including phenoxy) is 1. The quantitative estimate of drug-likeness (QED) is 0.367. The maximum atomic E-state index is 12.3. The second kappa shape index (κ2) is 11.6. The lowest BCUT2D eigenvalue weighted by molar-refractivity contribution is -0.130. The van der Waals surface area contributed by atoms with Crippen molar-refractivity contribution in [1.29, 1.82) is 0 Å². The summed E-state index contributed by atoms with van der Waals surface area (Å²) in [5.41, 5.74) is 1.14. The van der Waals surface area contributed by atoms with E-state index in [1.165, 1.54) is 12.8 Å². The number of amides is 1. The number of nitrogens with one attached hydrogen (secondary N) is 1. The Labute approximate surface area is 163 Å². The van der Waals surface area contributed by atoms with Gasteiger partial charge in [-0.3, -0.25) is 9.79 Å². The molecule has 0 atom stereocenters. The molecule has 1 aliphatic carbocycles. The van der Waals surface area contributed by atoms with Crippen LogP contribution in [0.5, 0.6) is 0 Å². The van der Waals surface area contributed by atoms with E-state index in [9.17, 15) is 4.79 Å². The molecule has 0 aromatic heterocycles. The molecule has 150 valence electrons. The van der Waals surface area contributed by atoms with Crippen molar-refractivity contribution >= 4 is 11.9 Å². The number of hydrogen-bond acceptors (Lipinski definition) is 3. The van der Waals surface area contributed by atoms with E-state index < -0.39 is 0 Å². The predicted octanol–water partition coefficient (Wildman–Crippen LogP) is 2.36. The van der Waals surface area contributed by atoms with Crippen molar-refractivity contribution in [2.45, 2.75) is 32.7 Å². The van der Waals surface area contributed by atoms with Crippen molar-refractivity contribution in [2.24, 2.45) is 10.9 Å². The lowest BCUT2D eigenvalue weighted by Crippen LogP contribution is -2.40. The van der Waals surface area contributed by atoms with Crippen LogP contribution in [0.15, 0.2) is 35.3 Å². The molecule has 0 aliphatic heterocycles. The molecule has 0 unspecified atom stereocenters. The Morgan fingerprint density at radius 2 is 1.96 bits per heavy atom. The van der Waals surface area contributed by atoms with Crippen LogP contribution in [0.4, 0.5) is 0 Å². The third-order valence-electron chi connectivity index (χ3n) is 4.59. The summed E-state index contributed by atoms with van der Waals surface area (Å²) in [5.74, 6) is 1.72. The topological polar surface area (TPSA) is 57.2 Å². The summed E-state index contributed by atoms with van der Waals surface area (Å²) < 4.78 is 5.70. The van der Waals surface area contributed by atoms with Gasteiger partial charge in [-0.2, -0.15) is 0 Å². The molecular weight excluding hydrogens is 340 g/mol. The molecule has 2 rings (SSSR count). The van der Waals surface area contributed by atoms with Gasteiger partial charge >= 0.3 is 0 Å². The van der Waals surface area contributed by atoms with Crippen LogP contribution in [0, 0.1) is 5.92 Å². The molecule has 6 nitrogen and oxygen atoms in total. The maximum absolute atomic E-state index is 12.3. The molecule has 27 heavy (non-hydrogen) atoms. The Kier molecular flexibility index (Phi) is 9.11. The van der Waals surface area contributed by atoms with Gasteiger partial charge in [0.1, 0.15) is 0 Å². The minimum Gasteiger partial charge on any atom is -0.379 e. The second-order valence-corrected chi connectivity index (χ2v) is 7.16. The fourth-order valence-electron chi connectivity index (χ4n) is 2.71. The lowest BCUT2D eigenvalue weighted by atomic mass is 10.2. The molecule has 0 spiro atoms. The average Bonchev–Trinajstić information content (AvgIpc) is 3.49. The van der Waals surface area contributed by atoms with Crippen LogP contribution in [0.1, 0.15) is 31.7 Å². The van der Waals surface area contributed by atoms with E-state index >= 15 is 0 Å². The number of hydrogen-bond donors (Lipinski definition) is 1. The first kappa shape index (κ1) is 21.2. The van der Waals surface area contributed by atoms with Crippen LogP contribution in [-0.4, -0.2) is 68.6 Å². The Morgan fingerprint density at radius 1 is 1.22 bits per heavy atom. The highest BCUT2D eigenvalue weighted by Gasteiger charge is 2.21. The fraction of sp³-hybridized carbons (Fsp3) is 0.619. The number of carbonyl (C=O) groups excluding carboxylic acids is 1. The smallest absolute Gasteiger partial charge is 0.224 e. The number of benzene rings is 1. The monoisotopic (exact) mass is 374 g/mol. The Bertz CT molecular complexity index is 587. The summed E-state index contributed by atoms with van der Waals surface area (Å²) in [6, 6.07) is 10.0. The van der Waals surface area contributed by atoms with E-state index in [0.717, 1.165) is 37.1 Å². The van der Waals surface area contributed by atoms with Gasteiger partial charge in [0.15, 0.2) is 5.96 Å². The number of rotatable bonds is 11. The SMILES string of the molecule is CCNC(=NCCC(=O)N(C)Cc1ccccc1)N(C)CCOCC1CC1. The molecule has 1 fully saturated rings. The third kappa shape index (κ3) is 8.43. The van der Waals surface area contributed by atoms with Crippen molar-refractivity contribution < 1.29 is 9.53 Å². The molecule has 0 bridgehead atoms. The highest BCUT2D eigenvalue weighted by molar-refractivity contribution is 5.80. The molecule has 0 saturated heterocycles. The number of nitrogens with zero attached hydrogens (tertiary/aromatic N) is 3. The van der Waals surface area contributed by atoms with E-state index in [2.05, 4.69) is 15.2 Å². The van der Waals surface area contributed by atoms with Crippen molar-refractivity contribution in [2.75, 3.05) is 46.9 Å². The molecule has 1 amide bonds. The third-order valence-corrected chi connectivity index (χ3v) is 4.59. The molecule has 1 aliphatic rings. The summed E-state index contributed by atoms with van der Waals surface area (Å²) >= 11 is 0. The highest BCUT2D eigenvalue weighted by Crippen LogP contribution is 2.28. The zero-order valence-corrected chi connectivity index (χ0v) is 17.0. The lowest BCUT2D eigenvalue weighted by Gasteiger charge is -2.22. The van der Waals surface area contributed by atoms with Gasteiger partial charge in [-0.1, -0.05) is 30.3 Å². The van der Waals surface area contributed by atoms with Gasteiger partial charge in [0.25, 0.3) is 0 Å². The molecule has 1 N–H and O–H groups in total. The van der Waals surface area contributed by atoms with Crippen molar-refractivity contribution in [3.05, 3.63) is 35.9 Å². The van der Waals surface area contributed by atoms with Crippen LogP contribution in [0.2, 0.25) is 0 Å². The zero-order valence-electron chi connectivity index (χ0n) is 17.0. The molecule has 6 heteroatoms. The number of carbonyl (C=O) groups is 1. The van der Waals surface area contributed by atoms with E-state index in [4.69, 9.17) is 4.74 Å². The van der Waals surface area contributed by atoms with E-state index in [1.807, 2.05) is 51.4 Å². The van der Waals surface area contributed by atoms with E-state index in [-0.39, 0.29) is 5.91 Å². The highest BCUT2D eigenvalue weighted by atomic mass is 16.5. The average molecular weight is 375 g/mol. The first-order valence-electron chi connectivity index (χ1n) is 9.95. The Morgan fingerprint density at radius 3 is 2.63 bits per heavy atom. The molecular formula is C21H34N4O2. The minimum atomic E-state index is 0.105. The number of aliphatic imine (C=N–C) groups is 1. The molecule has 1 saturated carbocycles. The normalized spacial score (nSPS) is 14.1. The maximum Gasteiger partial charge on any atom is 0.224 e. The molecule has 1 aromatic rings. The zero-order chi connectivity index (χ0) is 19.5. The summed E-state index contributed by atoms with van der Waals surface area (Å²) in [6.45, 7) is 6.33. The van der Waals surface area contributed by atoms with Crippen LogP contribution >= 0.6 is 0 Å². The Hall–Kier alpha value is -2.08. The summed E-state index contributed by atoms with van der Waals surface area (Å²) in [7, 11) is 3.85. The van der Waals surface area contributed by atoms with E-state index in [0.29, 0.717) is 26.1 Å². The first-order chi connectivity index (χ1) is 13.1. The minimum absolute atomic E-state index is 0.105. The molecule has 0 radical (unpaired) electrons. The Balaban J connectivity index is 1.72. The van der Waals surface area contributed by atoms with E-state index in [1.54, 1.807) is 4.90 Å². The molecule has 1 aromatic carbocycles. The summed E-state index contributed by atoms with van der Waals surface area (Å²) in [4.78, 5) is 20.8. The number of guanidine groups is 1. The number of likely N-dealkylation sites (N-methyl/N-ethyl adjacent to an activating group) is 1. The first-order valence-corrected chi connectivity index (χ1v) is 9.95. The predicted molar refractivity (Wildman–Crippen MR) is 110 cm³/mol. The van der Waals surface area contributed by atoms with Crippen molar-refractivity contribution in [3.63, 3.8) is 0 Å². The van der Waals surface area contributed by atoms with Gasteiger partial charge in [-0.25, -0.2) is 0 Å².